The first-order valence-corrected chi connectivity index (χ1v) is 6.85. The Labute approximate surface area is 112 Å². The number of nitrogens with two attached hydrogens (primary N) is 1. The van der Waals surface area contributed by atoms with Crippen LogP contribution in [-0.2, 0) is 0 Å². The van der Waals surface area contributed by atoms with E-state index in [-0.39, 0.29) is 11.9 Å². The van der Waals surface area contributed by atoms with Crippen LogP contribution in [0, 0.1) is 5.82 Å². The molecule has 2 nitrogen and oxygen atoms in total. The summed E-state index contributed by atoms with van der Waals surface area (Å²) in [6.45, 7) is 0. The molecule has 0 spiro atoms. The number of rotatable bonds is 3. The van der Waals surface area contributed by atoms with Crippen molar-refractivity contribution < 1.29 is 8.81 Å². The number of benzene rings is 1. The second kappa shape index (κ2) is 5.17. The van der Waals surface area contributed by atoms with Crippen molar-refractivity contribution in [2.24, 2.45) is 5.73 Å². The summed E-state index contributed by atoms with van der Waals surface area (Å²) < 4.78 is 18.8. The predicted molar refractivity (Wildman–Crippen MR) is 74.3 cm³/mol. The third kappa shape index (κ3) is 2.71. The molecular formula is C16H18FNO. The van der Waals surface area contributed by atoms with Crippen molar-refractivity contribution in [2.75, 3.05) is 0 Å². The van der Waals surface area contributed by atoms with Crippen LogP contribution in [0.15, 0.2) is 40.3 Å². The van der Waals surface area contributed by atoms with Gasteiger partial charge in [0.1, 0.15) is 17.2 Å². The SMILES string of the molecule is NC(CC1=CCCCC1)c1cc2cc(F)ccc2o1. The van der Waals surface area contributed by atoms with Gasteiger partial charge in [0.15, 0.2) is 0 Å². The van der Waals surface area contributed by atoms with Gasteiger partial charge < -0.3 is 10.2 Å². The average molecular weight is 259 g/mol. The van der Waals surface area contributed by atoms with Crippen molar-refractivity contribution in [3.63, 3.8) is 0 Å². The molecule has 2 N–H and O–H groups in total. The van der Waals surface area contributed by atoms with E-state index in [0.717, 1.165) is 30.4 Å². The van der Waals surface area contributed by atoms with Gasteiger partial charge in [0.05, 0.1) is 6.04 Å². The monoisotopic (exact) mass is 259 g/mol. The van der Waals surface area contributed by atoms with Crippen LogP contribution in [0.2, 0.25) is 0 Å². The molecule has 0 saturated carbocycles. The molecule has 3 heteroatoms. The highest BCUT2D eigenvalue weighted by Crippen LogP contribution is 2.29. The van der Waals surface area contributed by atoms with Crippen LogP contribution in [0.4, 0.5) is 4.39 Å². The first kappa shape index (κ1) is 12.4. The van der Waals surface area contributed by atoms with Gasteiger partial charge in [-0.2, -0.15) is 0 Å². The molecule has 1 aliphatic carbocycles. The van der Waals surface area contributed by atoms with Crippen molar-refractivity contribution in [3.8, 4) is 0 Å². The van der Waals surface area contributed by atoms with Gasteiger partial charge in [-0.15, -0.1) is 0 Å². The maximum Gasteiger partial charge on any atom is 0.134 e. The fourth-order valence-electron chi connectivity index (χ4n) is 2.69. The lowest BCUT2D eigenvalue weighted by Gasteiger charge is -2.15. The van der Waals surface area contributed by atoms with E-state index in [0.29, 0.717) is 5.58 Å². The molecule has 19 heavy (non-hydrogen) atoms. The lowest BCUT2D eigenvalue weighted by molar-refractivity contribution is 0.486. The van der Waals surface area contributed by atoms with Gasteiger partial charge in [0.25, 0.3) is 0 Å². The molecule has 0 fully saturated rings. The minimum atomic E-state index is -0.247. The van der Waals surface area contributed by atoms with Gasteiger partial charge in [-0.25, -0.2) is 4.39 Å². The second-order valence-electron chi connectivity index (χ2n) is 5.25. The van der Waals surface area contributed by atoms with E-state index < -0.39 is 0 Å². The Kier molecular flexibility index (Phi) is 3.38. The fraction of sp³-hybridized carbons (Fsp3) is 0.375. The van der Waals surface area contributed by atoms with Crippen LogP contribution < -0.4 is 5.73 Å². The number of allylic oxidation sites excluding steroid dienone is 1. The van der Waals surface area contributed by atoms with Crippen LogP contribution in [0.1, 0.15) is 43.9 Å². The van der Waals surface area contributed by atoms with Crippen LogP contribution in [0.5, 0.6) is 0 Å². The Bertz CT molecular complexity index is 614. The van der Waals surface area contributed by atoms with Gasteiger partial charge in [-0.3, -0.25) is 0 Å². The molecule has 1 aromatic carbocycles. The summed E-state index contributed by atoms with van der Waals surface area (Å²) in [4.78, 5) is 0. The molecule has 3 rings (SSSR count). The van der Waals surface area contributed by atoms with Gasteiger partial charge >= 0.3 is 0 Å². The number of fused-ring (bicyclic) bond motifs is 1. The summed E-state index contributed by atoms with van der Waals surface area (Å²) in [6, 6.07) is 6.26. The van der Waals surface area contributed by atoms with Gasteiger partial charge in [-0.05, 0) is 56.4 Å². The highest BCUT2D eigenvalue weighted by molar-refractivity contribution is 5.78. The molecule has 0 aliphatic heterocycles. The van der Waals surface area contributed by atoms with Crippen molar-refractivity contribution in [3.05, 3.63) is 47.5 Å². The van der Waals surface area contributed by atoms with Crippen molar-refractivity contribution >= 4 is 11.0 Å². The zero-order valence-corrected chi connectivity index (χ0v) is 10.9. The standard InChI is InChI=1S/C16H18FNO/c17-13-6-7-15-12(9-13)10-16(19-15)14(18)8-11-4-2-1-3-5-11/h4,6-7,9-10,14H,1-3,5,8,18H2. The molecule has 1 atom stereocenters. The second-order valence-corrected chi connectivity index (χ2v) is 5.25. The summed E-state index contributed by atoms with van der Waals surface area (Å²) in [6.07, 6.45) is 7.97. The quantitative estimate of drug-likeness (QED) is 0.826. The highest BCUT2D eigenvalue weighted by Gasteiger charge is 2.15. The van der Waals surface area contributed by atoms with E-state index in [1.807, 2.05) is 6.07 Å². The third-order valence-electron chi connectivity index (χ3n) is 3.73. The minimum absolute atomic E-state index is 0.139. The first-order valence-electron chi connectivity index (χ1n) is 6.85. The molecule has 0 amide bonds. The molecule has 0 bridgehead atoms. The topological polar surface area (TPSA) is 39.2 Å². The van der Waals surface area contributed by atoms with E-state index in [2.05, 4.69) is 6.08 Å². The maximum absolute atomic E-state index is 13.1. The summed E-state index contributed by atoms with van der Waals surface area (Å²) >= 11 is 0. The van der Waals surface area contributed by atoms with E-state index in [9.17, 15) is 4.39 Å². The van der Waals surface area contributed by atoms with E-state index in [4.69, 9.17) is 10.2 Å². The molecular weight excluding hydrogens is 241 g/mol. The molecule has 1 aromatic heterocycles. The highest BCUT2D eigenvalue weighted by atomic mass is 19.1. The van der Waals surface area contributed by atoms with Crippen LogP contribution >= 0.6 is 0 Å². The predicted octanol–water partition coefficient (Wildman–Crippen LogP) is 4.46. The van der Waals surface area contributed by atoms with Crippen molar-refractivity contribution in [1.29, 1.82) is 0 Å². The molecule has 0 radical (unpaired) electrons. The average Bonchev–Trinajstić information content (AvgIpc) is 2.83. The third-order valence-corrected chi connectivity index (χ3v) is 3.73. The molecule has 100 valence electrons. The van der Waals surface area contributed by atoms with Crippen LogP contribution in [-0.4, -0.2) is 0 Å². The Hall–Kier alpha value is -1.61. The lowest BCUT2D eigenvalue weighted by Crippen LogP contribution is -2.11. The van der Waals surface area contributed by atoms with Gasteiger partial charge in [-0.1, -0.05) is 11.6 Å². The Morgan fingerprint density at radius 3 is 2.95 bits per heavy atom. The smallest absolute Gasteiger partial charge is 0.134 e. The molecule has 1 unspecified atom stereocenters. The van der Waals surface area contributed by atoms with Crippen LogP contribution in [0.3, 0.4) is 0 Å². The van der Waals surface area contributed by atoms with E-state index in [1.54, 1.807) is 6.07 Å². The summed E-state index contributed by atoms with van der Waals surface area (Å²) in [5, 5.41) is 0.781. The molecule has 1 aliphatic rings. The Balaban J connectivity index is 1.80. The number of hydrogen-bond donors (Lipinski definition) is 1. The lowest BCUT2D eigenvalue weighted by atomic mass is 9.94. The molecule has 1 heterocycles. The largest absolute Gasteiger partial charge is 0.459 e. The Morgan fingerprint density at radius 2 is 2.16 bits per heavy atom. The van der Waals surface area contributed by atoms with E-state index in [1.165, 1.54) is 30.5 Å². The number of hydrogen-bond acceptors (Lipinski definition) is 2. The Morgan fingerprint density at radius 1 is 1.26 bits per heavy atom. The molecule has 2 aromatic rings. The van der Waals surface area contributed by atoms with Gasteiger partial charge in [0, 0.05) is 5.39 Å². The number of furan rings is 1. The summed E-state index contributed by atoms with van der Waals surface area (Å²) in [5.41, 5.74) is 8.32. The van der Waals surface area contributed by atoms with Crippen molar-refractivity contribution in [2.45, 2.75) is 38.1 Å². The van der Waals surface area contributed by atoms with Gasteiger partial charge in [0.2, 0.25) is 0 Å². The zero-order valence-electron chi connectivity index (χ0n) is 10.9. The zero-order chi connectivity index (χ0) is 13.2. The van der Waals surface area contributed by atoms with Crippen LogP contribution in [0.25, 0.3) is 11.0 Å². The fourth-order valence-corrected chi connectivity index (χ4v) is 2.69. The summed E-state index contributed by atoms with van der Waals surface area (Å²) in [5.74, 6) is 0.496. The first-order chi connectivity index (χ1) is 9.22. The van der Waals surface area contributed by atoms with Crippen molar-refractivity contribution in [1.82, 2.24) is 0 Å². The maximum atomic E-state index is 13.1. The normalized spacial score (nSPS) is 17.5. The number of halogens is 1. The van der Waals surface area contributed by atoms with E-state index >= 15 is 0 Å². The molecule has 0 saturated heterocycles. The summed E-state index contributed by atoms with van der Waals surface area (Å²) in [7, 11) is 0. The minimum Gasteiger partial charge on any atom is -0.459 e.